The maximum atomic E-state index is 11.9. The molecule has 1 unspecified atom stereocenters. The predicted octanol–water partition coefficient (Wildman–Crippen LogP) is 0.577. The second-order valence-electron chi connectivity index (χ2n) is 4.09. The zero-order valence-corrected chi connectivity index (χ0v) is 9.80. The van der Waals surface area contributed by atoms with E-state index in [1.165, 1.54) is 4.90 Å². The van der Waals surface area contributed by atoms with Crippen LogP contribution in [0.1, 0.15) is 0 Å². The first-order valence-corrected chi connectivity index (χ1v) is 5.74. The van der Waals surface area contributed by atoms with Crippen LogP contribution in [0.5, 0.6) is 0 Å². The van der Waals surface area contributed by atoms with Gasteiger partial charge in [-0.1, -0.05) is 18.2 Å². The normalized spacial score (nSPS) is 19.3. The van der Waals surface area contributed by atoms with Crippen molar-refractivity contribution in [2.45, 2.75) is 6.04 Å². The molecule has 1 fully saturated rings. The molecule has 0 bridgehead atoms. The summed E-state index contributed by atoms with van der Waals surface area (Å²) in [5, 5.41) is 14.5. The summed E-state index contributed by atoms with van der Waals surface area (Å²) < 4.78 is 0. The number of carbonyl (C=O) groups is 2. The molecule has 18 heavy (non-hydrogen) atoms. The van der Waals surface area contributed by atoms with Gasteiger partial charge >= 0.3 is 12.0 Å². The van der Waals surface area contributed by atoms with Crippen LogP contribution in [0.2, 0.25) is 0 Å². The Kier molecular flexibility index (Phi) is 3.78. The van der Waals surface area contributed by atoms with Crippen molar-refractivity contribution in [2.24, 2.45) is 0 Å². The summed E-state index contributed by atoms with van der Waals surface area (Å²) in [7, 11) is 0. The monoisotopic (exact) mass is 249 g/mol. The van der Waals surface area contributed by atoms with E-state index in [9.17, 15) is 9.59 Å². The number of hydrogen-bond donors (Lipinski definition) is 3. The Morgan fingerprint density at radius 1 is 1.33 bits per heavy atom. The molecule has 1 aliphatic rings. The molecule has 96 valence electrons. The van der Waals surface area contributed by atoms with Gasteiger partial charge in [0.2, 0.25) is 0 Å². The van der Waals surface area contributed by atoms with Gasteiger partial charge in [0, 0.05) is 25.3 Å². The van der Waals surface area contributed by atoms with Crippen molar-refractivity contribution in [2.75, 3.05) is 25.0 Å². The highest BCUT2D eigenvalue weighted by atomic mass is 16.4. The van der Waals surface area contributed by atoms with Gasteiger partial charge in [0.1, 0.15) is 6.04 Å². The third-order valence-electron chi connectivity index (χ3n) is 2.79. The van der Waals surface area contributed by atoms with Gasteiger partial charge in [-0.3, -0.25) is 4.79 Å². The number of amides is 2. The minimum atomic E-state index is -0.938. The summed E-state index contributed by atoms with van der Waals surface area (Å²) in [6.45, 7) is 1.16. The smallest absolute Gasteiger partial charge is 0.322 e. The van der Waals surface area contributed by atoms with E-state index in [0.29, 0.717) is 18.8 Å². The molecule has 0 spiro atoms. The average Bonchev–Trinajstić information content (AvgIpc) is 2.40. The fraction of sp³-hybridized carbons (Fsp3) is 0.333. The van der Waals surface area contributed by atoms with E-state index < -0.39 is 12.0 Å². The highest BCUT2D eigenvalue weighted by Gasteiger charge is 2.27. The van der Waals surface area contributed by atoms with E-state index in [1.807, 2.05) is 18.2 Å². The molecule has 0 aromatic heterocycles. The van der Waals surface area contributed by atoms with Crippen LogP contribution in [0.4, 0.5) is 10.5 Å². The Morgan fingerprint density at radius 2 is 2.06 bits per heavy atom. The van der Waals surface area contributed by atoms with Crippen molar-refractivity contribution >= 4 is 17.7 Å². The number of piperazine rings is 1. The van der Waals surface area contributed by atoms with Gasteiger partial charge in [-0.15, -0.1) is 0 Å². The maximum absolute atomic E-state index is 11.9. The standard InChI is InChI=1S/C12H15N3O3/c16-11(17)10-8-15(7-6-13-10)12(18)14-9-4-2-1-3-5-9/h1-5,10,13H,6-8H2,(H,14,18)(H,16,17). The topological polar surface area (TPSA) is 81.7 Å². The maximum Gasteiger partial charge on any atom is 0.322 e. The average molecular weight is 249 g/mol. The molecule has 1 saturated heterocycles. The van der Waals surface area contributed by atoms with Crippen molar-refractivity contribution in [3.8, 4) is 0 Å². The Labute approximate surface area is 105 Å². The van der Waals surface area contributed by atoms with Gasteiger partial charge in [0.15, 0.2) is 0 Å². The van der Waals surface area contributed by atoms with Crippen LogP contribution in [-0.4, -0.2) is 47.7 Å². The van der Waals surface area contributed by atoms with E-state index >= 15 is 0 Å². The zero-order valence-electron chi connectivity index (χ0n) is 9.80. The van der Waals surface area contributed by atoms with Crippen molar-refractivity contribution in [1.29, 1.82) is 0 Å². The summed E-state index contributed by atoms with van der Waals surface area (Å²) in [5.41, 5.74) is 0.702. The van der Waals surface area contributed by atoms with E-state index in [-0.39, 0.29) is 12.6 Å². The minimum Gasteiger partial charge on any atom is -0.480 e. The fourth-order valence-corrected chi connectivity index (χ4v) is 1.82. The van der Waals surface area contributed by atoms with E-state index in [2.05, 4.69) is 10.6 Å². The quantitative estimate of drug-likeness (QED) is 0.716. The number of anilines is 1. The third-order valence-corrected chi connectivity index (χ3v) is 2.79. The highest BCUT2D eigenvalue weighted by molar-refractivity contribution is 5.90. The molecule has 1 aromatic rings. The van der Waals surface area contributed by atoms with Crippen molar-refractivity contribution in [1.82, 2.24) is 10.2 Å². The molecule has 0 radical (unpaired) electrons. The number of rotatable bonds is 2. The Balaban J connectivity index is 1.95. The summed E-state index contributed by atoms with van der Waals surface area (Å²) in [6, 6.07) is 8.12. The van der Waals surface area contributed by atoms with E-state index in [1.54, 1.807) is 12.1 Å². The van der Waals surface area contributed by atoms with Crippen LogP contribution in [-0.2, 0) is 4.79 Å². The van der Waals surface area contributed by atoms with E-state index in [4.69, 9.17) is 5.11 Å². The van der Waals surface area contributed by atoms with Gasteiger partial charge in [0.05, 0.1) is 0 Å². The number of carbonyl (C=O) groups excluding carboxylic acids is 1. The molecular formula is C12H15N3O3. The molecular weight excluding hydrogens is 234 g/mol. The van der Waals surface area contributed by atoms with Crippen LogP contribution in [0.3, 0.4) is 0 Å². The molecule has 0 saturated carbocycles. The molecule has 1 aromatic carbocycles. The fourth-order valence-electron chi connectivity index (χ4n) is 1.82. The predicted molar refractivity (Wildman–Crippen MR) is 66.5 cm³/mol. The number of nitrogens with zero attached hydrogens (tertiary/aromatic N) is 1. The van der Waals surface area contributed by atoms with Crippen molar-refractivity contribution in [3.63, 3.8) is 0 Å². The van der Waals surface area contributed by atoms with Gasteiger partial charge < -0.3 is 20.6 Å². The molecule has 3 N–H and O–H groups in total. The first-order valence-electron chi connectivity index (χ1n) is 5.74. The molecule has 0 aliphatic carbocycles. The zero-order chi connectivity index (χ0) is 13.0. The minimum absolute atomic E-state index is 0.175. The molecule has 1 aliphatic heterocycles. The molecule has 2 rings (SSSR count). The molecule has 6 heteroatoms. The lowest BCUT2D eigenvalue weighted by molar-refractivity contribution is -0.140. The van der Waals surface area contributed by atoms with Gasteiger partial charge in [0.25, 0.3) is 0 Å². The highest BCUT2D eigenvalue weighted by Crippen LogP contribution is 2.08. The number of carboxylic acid groups (broad SMARTS) is 1. The summed E-state index contributed by atoms with van der Waals surface area (Å²) in [6.07, 6.45) is 0. The van der Waals surface area contributed by atoms with Gasteiger partial charge in [-0.25, -0.2) is 4.79 Å². The van der Waals surface area contributed by atoms with Crippen LogP contribution in [0.25, 0.3) is 0 Å². The van der Waals surface area contributed by atoms with Gasteiger partial charge in [-0.2, -0.15) is 0 Å². The molecule has 6 nitrogen and oxygen atoms in total. The number of urea groups is 1. The van der Waals surface area contributed by atoms with E-state index in [0.717, 1.165) is 0 Å². The molecule has 1 heterocycles. The number of aliphatic carboxylic acids is 1. The number of hydrogen-bond acceptors (Lipinski definition) is 3. The SMILES string of the molecule is O=C(O)C1CN(C(=O)Nc2ccccc2)CCN1. The molecule has 2 amide bonds. The third kappa shape index (κ3) is 2.98. The second-order valence-corrected chi connectivity index (χ2v) is 4.09. The van der Waals surface area contributed by atoms with Crippen molar-refractivity contribution < 1.29 is 14.7 Å². The largest absolute Gasteiger partial charge is 0.480 e. The summed E-state index contributed by atoms with van der Waals surface area (Å²) >= 11 is 0. The number of para-hydroxylation sites is 1. The molecule has 1 atom stereocenters. The first kappa shape index (κ1) is 12.4. The number of carboxylic acids is 1. The lowest BCUT2D eigenvalue weighted by atomic mass is 10.2. The lowest BCUT2D eigenvalue weighted by Crippen LogP contribution is -2.56. The number of benzene rings is 1. The Morgan fingerprint density at radius 3 is 2.72 bits per heavy atom. The van der Waals surface area contributed by atoms with Gasteiger partial charge in [-0.05, 0) is 12.1 Å². The first-order chi connectivity index (χ1) is 8.66. The summed E-state index contributed by atoms with van der Waals surface area (Å²) in [4.78, 5) is 24.3. The van der Waals surface area contributed by atoms with Crippen LogP contribution >= 0.6 is 0 Å². The van der Waals surface area contributed by atoms with Crippen molar-refractivity contribution in [3.05, 3.63) is 30.3 Å². The van der Waals surface area contributed by atoms with Crippen LogP contribution in [0.15, 0.2) is 30.3 Å². The van der Waals surface area contributed by atoms with Crippen LogP contribution < -0.4 is 10.6 Å². The Bertz CT molecular complexity index is 435. The lowest BCUT2D eigenvalue weighted by Gasteiger charge is -2.31. The van der Waals surface area contributed by atoms with Crippen LogP contribution in [0, 0.1) is 0 Å². The Hall–Kier alpha value is -2.08. The second kappa shape index (κ2) is 5.50. The summed E-state index contributed by atoms with van der Waals surface area (Å²) in [5.74, 6) is -0.938. The number of nitrogens with one attached hydrogen (secondary N) is 2.